The van der Waals surface area contributed by atoms with Gasteiger partial charge in [0.15, 0.2) is 12.4 Å². The highest BCUT2D eigenvalue weighted by molar-refractivity contribution is 5.70. The van der Waals surface area contributed by atoms with Crippen LogP contribution in [0.3, 0.4) is 0 Å². The molecule has 0 heterocycles. The first-order chi connectivity index (χ1) is 44.6. The lowest BCUT2D eigenvalue weighted by Gasteiger charge is -2.26. The fourth-order valence-electron chi connectivity index (χ4n) is 9.69. The van der Waals surface area contributed by atoms with Gasteiger partial charge in [0.25, 0.3) is 0 Å². The zero-order chi connectivity index (χ0) is 66.1. The lowest BCUT2D eigenvalue weighted by Crippen LogP contribution is -2.44. The molecule has 0 aliphatic rings. The molecule has 9 heteroatoms. The number of ether oxygens (including phenoxy) is 4. The maximum absolute atomic E-state index is 12.9. The second-order valence-corrected chi connectivity index (χ2v) is 25.1. The number of aliphatic carboxylic acids is 1. The van der Waals surface area contributed by atoms with Gasteiger partial charge in [-0.25, -0.2) is 0 Å². The Bertz CT molecular complexity index is 2060. The summed E-state index contributed by atoms with van der Waals surface area (Å²) in [7, 11) is 5.91. The molecule has 516 valence electrons. The molecule has 9 nitrogen and oxygen atoms in total. The summed E-state index contributed by atoms with van der Waals surface area (Å²) in [6.07, 6.45) is 102. The Morgan fingerprint density at radius 3 is 0.934 bits per heavy atom. The van der Waals surface area contributed by atoms with Gasteiger partial charge in [-0.3, -0.25) is 9.59 Å². The summed E-state index contributed by atoms with van der Waals surface area (Å²) < 4.78 is 22.8. The predicted octanol–water partition coefficient (Wildman–Crippen LogP) is 21.9. The first kappa shape index (κ1) is 85.9. The number of nitrogens with zero attached hydrogens (tertiary/aromatic N) is 1. The third-order valence-electron chi connectivity index (χ3n) is 15.3. The van der Waals surface area contributed by atoms with Crippen LogP contribution in [0, 0.1) is 0 Å². The maximum Gasteiger partial charge on any atom is 0.306 e. The molecular weight excluding hydrogens is 1130 g/mol. The molecule has 0 saturated heterocycles. The van der Waals surface area contributed by atoms with Crippen LogP contribution >= 0.6 is 0 Å². The molecule has 0 bridgehead atoms. The van der Waals surface area contributed by atoms with E-state index in [1.54, 1.807) is 0 Å². The lowest BCUT2D eigenvalue weighted by atomic mass is 10.0. The number of allylic oxidation sites excluding steroid dienone is 26. The maximum atomic E-state index is 12.9. The van der Waals surface area contributed by atoms with E-state index in [0.29, 0.717) is 17.4 Å². The molecule has 0 rings (SSSR count). The number of carboxylic acid groups (broad SMARTS) is 1. The van der Waals surface area contributed by atoms with Crippen molar-refractivity contribution in [1.82, 2.24) is 0 Å². The summed E-state index contributed by atoms with van der Waals surface area (Å²) >= 11 is 0. The minimum atomic E-state index is -1.64. The van der Waals surface area contributed by atoms with E-state index in [2.05, 4.69) is 172 Å². The smallest absolute Gasteiger partial charge is 0.306 e. The molecule has 0 spiro atoms. The lowest BCUT2D eigenvalue weighted by molar-refractivity contribution is -0.870. The fraction of sp³-hybridized carbons (Fsp3) is 0.646. The molecule has 0 aromatic carbocycles. The van der Waals surface area contributed by atoms with Crippen molar-refractivity contribution in [2.45, 2.75) is 296 Å². The molecule has 2 atom stereocenters. The van der Waals surface area contributed by atoms with E-state index in [-0.39, 0.29) is 38.6 Å². The van der Waals surface area contributed by atoms with Crippen molar-refractivity contribution in [3.05, 3.63) is 158 Å². The molecule has 0 aliphatic carbocycles. The second-order valence-electron chi connectivity index (χ2n) is 25.1. The van der Waals surface area contributed by atoms with E-state index < -0.39 is 24.3 Å². The van der Waals surface area contributed by atoms with Gasteiger partial charge in [-0.15, -0.1) is 0 Å². The van der Waals surface area contributed by atoms with Crippen molar-refractivity contribution in [2.75, 3.05) is 47.5 Å². The third-order valence-corrected chi connectivity index (χ3v) is 15.3. The number of carbonyl (C=O) groups is 3. The van der Waals surface area contributed by atoms with E-state index >= 15 is 0 Å². The number of carboxylic acids is 1. The summed E-state index contributed by atoms with van der Waals surface area (Å²) in [4.78, 5) is 37.5. The van der Waals surface area contributed by atoms with Gasteiger partial charge in [-0.1, -0.05) is 300 Å². The SMILES string of the molecule is CC/C=C\C/C=C\C/C=C\C/C=C\C/C=C\C/C=C\C/C=C\C/C=C\C/C=C\C/C=C\CCCCCCC(=O)OC(COC(=O)CCCCCCCCCCCCCCCCCC/C=C\C/C=C\C/C=C\CCCCCCC)COC(OCC[N+](C)(C)C)C(=O)[O-]. The van der Waals surface area contributed by atoms with Crippen molar-refractivity contribution in [3.63, 3.8) is 0 Å². The van der Waals surface area contributed by atoms with E-state index in [1.807, 2.05) is 21.1 Å². The van der Waals surface area contributed by atoms with E-state index in [0.717, 1.165) is 122 Å². The molecule has 0 aliphatic heterocycles. The molecule has 0 aromatic rings. The van der Waals surface area contributed by atoms with Crippen molar-refractivity contribution < 1.29 is 42.9 Å². The summed E-state index contributed by atoms with van der Waals surface area (Å²) in [5.74, 6) is -2.33. The van der Waals surface area contributed by atoms with Gasteiger partial charge in [-0.05, 0) is 128 Å². The van der Waals surface area contributed by atoms with Gasteiger partial charge in [-0.2, -0.15) is 0 Å². The van der Waals surface area contributed by atoms with Crippen LogP contribution < -0.4 is 5.11 Å². The van der Waals surface area contributed by atoms with Crippen molar-refractivity contribution in [3.8, 4) is 0 Å². The monoisotopic (exact) mass is 1260 g/mol. The summed E-state index contributed by atoms with van der Waals surface area (Å²) in [6.45, 7) is 4.59. The van der Waals surface area contributed by atoms with Gasteiger partial charge in [0.05, 0.1) is 40.3 Å². The third kappa shape index (κ3) is 72.2. The molecule has 0 radical (unpaired) electrons. The first-order valence-electron chi connectivity index (χ1n) is 36.6. The zero-order valence-corrected chi connectivity index (χ0v) is 58.9. The number of unbranched alkanes of at least 4 members (excludes halogenated alkanes) is 25. The highest BCUT2D eigenvalue weighted by Gasteiger charge is 2.22. The topological polar surface area (TPSA) is 111 Å². The van der Waals surface area contributed by atoms with Crippen molar-refractivity contribution >= 4 is 17.9 Å². The van der Waals surface area contributed by atoms with Gasteiger partial charge in [0, 0.05) is 12.8 Å². The summed E-state index contributed by atoms with van der Waals surface area (Å²) in [6, 6.07) is 0. The quantitative estimate of drug-likeness (QED) is 0.0195. The van der Waals surface area contributed by atoms with E-state index in [9.17, 15) is 19.5 Å². The minimum Gasteiger partial charge on any atom is -0.545 e. The van der Waals surface area contributed by atoms with Crippen LogP contribution in [0.15, 0.2) is 158 Å². The number of quaternary nitrogens is 1. The van der Waals surface area contributed by atoms with Gasteiger partial charge in [0.2, 0.25) is 0 Å². The minimum absolute atomic E-state index is 0.135. The predicted molar refractivity (Wildman–Crippen MR) is 389 cm³/mol. The van der Waals surface area contributed by atoms with Gasteiger partial charge >= 0.3 is 11.9 Å². The molecule has 0 N–H and O–H groups in total. The molecule has 0 aromatic heterocycles. The van der Waals surface area contributed by atoms with Crippen LogP contribution in [0.5, 0.6) is 0 Å². The molecule has 91 heavy (non-hydrogen) atoms. The Hall–Kier alpha value is -5.09. The summed E-state index contributed by atoms with van der Waals surface area (Å²) in [5, 5.41) is 11.8. The molecule has 0 fully saturated rings. The molecular formula is C82H135NO8. The van der Waals surface area contributed by atoms with Crippen LogP contribution in [-0.2, 0) is 33.3 Å². The van der Waals surface area contributed by atoms with Crippen LogP contribution in [0.25, 0.3) is 0 Å². The Labute approximate surface area is 559 Å². The van der Waals surface area contributed by atoms with E-state index in [1.165, 1.54) is 128 Å². The Morgan fingerprint density at radius 1 is 0.341 bits per heavy atom. The highest BCUT2D eigenvalue weighted by Crippen LogP contribution is 2.16. The largest absolute Gasteiger partial charge is 0.545 e. The second kappa shape index (κ2) is 70.8. The Kier molecular flexibility index (Phi) is 66.8. The number of carbonyl (C=O) groups excluding carboxylic acids is 3. The number of rotatable bonds is 66. The van der Waals surface area contributed by atoms with Crippen LogP contribution in [0.4, 0.5) is 0 Å². The van der Waals surface area contributed by atoms with Crippen LogP contribution in [-0.4, -0.2) is 82.3 Å². The first-order valence-corrected chi connectivity index (χ1v) is 36.6. The highest BCUT2D eigenvalue weighted by atomic mass is 16.7. The molecule has 0 amide bonds. The number of hydrogen-bond acceptors (Lipinski definition) is 8. The number of likely N-dealkylation sites (N-methyl/N-ethyl adjacent to an activating group) is 1. The molecule has 0 saturated carbocycles. The zero-order valence-electron chi connectivity index (χ0n) is 58.9. The summed E-state index contributed by atoms with van der Waals surface area (Å²) in [5.41, 5.74) is 0. The molecule has 2 unspecified atom stereocenters. The Morgan fingerprint density at radius 2 is 0.626 bits per heavy atom. The number of hydrogen-bond donors (Lipinski definition) is 0. The number of esters is 2. The van der Waals surface area contributed by atoms with Crippen molar-refractivity contribution in [2.24, 2.45) is 0 Å². The normalized spacial score (nSPS) is 13.6. The van der Waals surface area contributed by atoms with Crippen LogP contribution in [0.2, 0.25) is 0 Å². The van der Waals surface area contributed by atoms with Gasteiger partial charge < -0.3 is 33.3 Å². The van der Waals surface area contributed by atoms with E-state index in [4.69, 9.17) is 18.9 Å². The van der Waals surface area contributed by atoms with Crippen molar-refractivity contribution in [1.29, 1.82) is 0 Å². The van der Waals surface area contributed by atoms with Crippen LogP contribution in [0.1, 0.15) is 284 Å². The van der Waals surface area contributed by atoms with Gasteiger partial charge in [0.1, 0.15) is 13.2 Å². The fourth-order valence-corrected chi connectivity index (χ4v) is 9.69. The Balaban J connectivity index is 4.21. The average Bonchev–Trinajstić information content (AvgIpc) is 3.46. The average molecular weight is 1260 g/mol. The standard InChI is InChI=1S/C82H135NO8/c1-6-8-10-12-14-16-18-20-22-24-26-28-30-32-34-36-38-39-40-41-43-45-47-49-51-53-55-57-59-61-63-65-67-69-71-73-80(85)91-78(77-90-82(81(86)87)88-75-74-83(3,4)5)76-89-79(84)72-70-68-66-64-62-60-58-56-54-52-50-48-46-44-42-37-35-33-31-29-27-25-23-21-19-17-15-13-11-9-7-2/h8,10,14,16,19-22,25-28,31-34,38-39,41,43,47,49,53,55,59,61,78,82H,6-7,9,11-13,15,17-18,23-24,29-30,35-37,40,42,44-46,48,50-52,54,56-58,60,62-77H2,1-5H3/b10-8-,16-14-,21-19-,22-20-,27-25-,28-26-,33-31-,34-32-,39-38-,43-41-,49-47-,55-53-,61-59-.